The van der Waals surface area contributed by atoms with Crippen LogP contribution in [0.5, 0.6) is 0 Å². The molecule has 1 aliphatic carbocycles. The molecule has 0 saturated heterocycles. The van der Waals surface area contributed by atoms with Gasteiger partial charge in [-0.25, -0.2) is 0 Å². The predicted molar refractivity (Wildman–Crippen MR) is 69.6 cm³/mol. The maximum absolute atomic E-state index is 12.0. The van der Waals surface area contributed by atoms with Crippen LogP contribution in [0.15, 0.2) is 0 Å². The Labute approximate surface area is 114 Å². The van der Waals surface area contributed by atoms with Gasteiger partial charge in [-0.05, 0) is 12.8 Å². The number of ether oxygens (including phenoxy) is 1. The van der Waals surface area contributed by atoms with Crippen molar-refractivity contribution in [3.63, 3.8) is 0 Å². The number of aliphatic hydroxyl groups excluding tert-OH is 1. The smallest absolute Gasteiger partial charge is 0.306 e. The van der Waals surface area contributed by atoms with Crippen LogP contribution in [0, 0.1) is 0 Å². The lowest BCUT2D eigenvalue weighted by Gasteiger charge is -2.29. The highest BCUT2D eigenvalue weighted by molar-refractivity contribution is 7.87. The van der Waals surface area contributed by atoms with Gasteiger partial charge in [0.15, 0.2) is 0 Å². The van der Waals surface area contributed by atoms with Crippen LogP contribution in [0.3, 0.4) is 0 Å². The van der Waals surface area contributed by atoms with Crippen molar-refractivity contribution in [1.29, 1.82) is 0 Å². The Balaban J connectivity index is 2.51. The second kappa shape index (κ2) is 7.18. The summed E-state index contributed by atoms with van der Waals surface area (Å²) in [5, 5.41) is 9.75. The number of hydrogen-bond donors (Lipinski definition) is 2. The number of nitrogens with one attached hydrogen (secondary N) is 1. The third kappa shape index (κ3) is 5.06. The van der Waals surface area contributed by atoms with Gasteiger partial charge in [-0.2, -0.15) is 17.4 Å². The van der Waals surface area contributed by atoms with Gasteiger partial charge >= 0.3 is 5.97 Å². The molecule has 2 atom stereocenters. The zero-order valence-electron chi connectivity index (χ0n) is 11.3. The third-order valence-electron chi connectivity index (χ3n) is 3.30. The topological polar surface area (TPSA) is 95.9 Å². The van der Waals surface area contributed by atoms with Crippen molar-refractivity contribution in [1.82, 2.24) is 9.03 Å². The van der Waals surface area contributed by atoms with E-state index in [1.807, 2.05) is 0 Å². The Morgan fingerprint density at radius 2 is 2.05 bits per heavy atom. The van der Waals surface area contributed by atoms with Gasteiger partial charge in [0.25, 0.3) is 10.2 Å². The molecule has 0 radical (unpaired) electrons. The number of rotatable bonds is 6. The Morgan fingerprint density at radius 1 is 1.42 bits per heavy atom. The molecule has 0 aromatic rings. The van der Waals surface area contributed by atoms with E-state index in [0.717, 1.165) is 17.1 Å². The summed E-state index contributed by atoms with van der Waals surface area (Å²) in [6.07, 6.45) is 2.41. The van der Waals surface area contributed by atoms with E-state index in [1.165, 1.54) is 14.2 Å². The van der Waals surface area contributed by atoms with E-state index < -0.39 is 28.3 Å². The average molecular weight is 294 g/mol. The highest BCUT2D eigenvalue weighted by Gasteiger charge is 2.29. The maximum atomic E-state index is 12.0. The monoisotopic (exact) mass is 294 g/mol. The molecule has 0 heterocycles. The quantitative estimate of drug-likeness (QED) is 0.651. The van der Waals surface area contributed by atoms with Crippen molar-refractivity contribution >= 4 is 16.2 Å². The summed E-state index contributed by atoms with van der Waals surface area (Å²) in [6.45, 7) is 0.0465. The second-order valence-electron chi connectivity index (χ2n) is 4.73. The van der Waals surface area contributed by atoms with E-state index in [9.17, 15) is 18.3 Å². The van der Waals surface area contributed by atoms with Crippen LogP contribution in [-0.2, 0) is 19.7 Å². The summed E-state index contributed by atoms with van der Waals surface area (Å²) in [7, 11) is -1.03. The fourth-order valence-corrected chi connectivity index (χ4v) is 3.17. The summed E-state index contributed by atoms with van der Waals surface area (Å²) >= 11 is 0. The predicted octanol–water partition coefficient (Wildman–Crippen LogP) is -0.381. The molecule has 0 bridgehead atoms. The molecule has 1 aliphatic rings. The van der Waals surface area contributed by atoms with Gasteiger partial charge in [-0.3, -0.25) is 4.79 Å². The lowest BCUT2D eigenvalue weighted by molar-refractivity contribution is -0.140. The van der Waals surface area contributed by atoms with Gasteiger partial charge in [0, 0.05) is 19.6 Å². The van der Waals surface area contributed by atoms with Crippen molar-refractivity contribution in [2.24, 2.45) is 0 Å². The first-order valence-electron chi connectivity index (χ1n) is 6.35. The molecule has 19 heavy (non-hydrogen) atoms. The summed E-state index contributed by atoms with van der Waals surface area (Å²) in [4.78, 5) is 11.0. The lowest BCUT2D eigenvalue weighted by atomic mass is 9.93. The van der Waals surface area contributed by atoms with Crippen molar-refractivity contribution in [2.45, 2.75) is 44.2 Å². The Hall–Kier alpha value is -0.700. The molecule has 0 aromatic heterocycles. The van der Waals surface area contributed by atoms with Crippen molar-refractivity contribution < 1.29 is 23.1 Å². The largest absolute Gasteiger partial charge is 0.469 e. The summed E-state index contributed by atoms with van der Waals surface area (Å²) in [6, 6.07) is -0.445. The van der Waals surface area contributed by atoms with Crippen LogP contribution >= 0.6 is 0 Å². The van der Waals surface area contributed by atoms with Crippen LogP contribution in [0.25, 0.3) is 0 Å². The molecule has 1 rings (SSSR count). The Morgan fingerprint density at radius 3 is 2.63 bits per heavy atom. The van der Waals surface area contributed by atoms with Crippen LogP contribution in [0.1, 0.15) is 32.1 Å². The van der Waals surface area contributed by atoms with Gasteiger partial charge in [-0.15, -0.1) is 0 Å². The van der Waals surface area contributed by atoms with Crippen molar-refractivity contribution in [3.8, 4) is 0 Å². The Bertz CT molecular complexity index is 398. The second-order valence-corrected chi connectivity index (χ2v) is 6.54. The average Bonchev–Trinajstić information content (AvgIpc) is 2.37. The molecule has 0 aromatic carbocycles. The molecule has 112 valence electrons. The summed E-state index contributed by atoms with van der Waals surface area (Å²) in [5.74, 6) is -0.459. The van der Waals surface area contributed by atoms with E-state index in [-0.39, 0.29) is 13.0 Å². The number of methoxy groups -OCH3 is 1. The van der Waals surface area contributed by atoms with E-state index >= 15 is 0 Å². The molecule has 8 heteroatoms. The van der Waals surface area contributed by atoms with E-state index in [1.54, 1.807) is 0 Å². The van der Waals surface area contributed by atoms with Crippen LogP contribution in [0.4, 0.5) is 0 Å². The highest BCUT2D eigenvalue weighted by atomic mass is 32.2. The lowest BCUT2D eigenvalue weighted by Crippen LogP contribution is -2.50. The molecular weight excluding hydrogens is 272 g/mol. The number of carbonyl (C=O) groups excluding carboxylic acids is 1. The molecule has 0 unspecified atom stereocenters. The normalized spacial score (nSPS) is 24.4. The van der Waals surface area contributed by atoms with Crippen LogP contribution in [-0.4, -0.2) is 56.6 Å². The van der Waals surface area contributed by atoms with Gasteiger partial charge in [0.2, 0.25) is 0 Å². The van der Waals surface area contributed by atoms with Crippen LogP contribution in [0.2, 0.25) is 0 Å². The molecular formula is C11H22N2O5S. The number of nitrogens with zero attached hydrogens (tertiary/aromatic N) is 1. The fourth-order valence-electron chi connectivity index (χ4n) is 2.00. The molecule has 0 spiro atoms. The van der Waals surface area contributed by atoms with Crippen molar-refractivity contribution in [2.75, 3.05) is 20.7 Å². The minimum atomic E-state index is -3.68. The SMILES string of the molecule is COC(=O)CCN(C)S(=O)(=O)N[C@H]1CCCC[C@@H]1O. The molecule has 1 saturated carbocycles. The molecule has 2 N–H and O–H groups in total. The zero-order chi connectivity index (χ0) is 14.5. The Kier molecular flexibility index (Phi) is 6.18. The minimum Gasteiger partial charge on any atom is -0.469 e. The number of esters is 1. The molecule has 1 fully saturated rings. The van der Waals surface area contributed by atoms with Gasteiger partial charge < -0.3 is 9.84 Å². The van der Waals surface area contributed by atoms with E-state index in [4.69, 9.17) is 0 Å². The summed E-state index contributed by atoms with van der Waals surface area (Å²) in [5.41, 5.74) is 0. The first-order valence-corrected chi connectivity index (χ1v) is 7.79. The third-order valence-corrected chi connectivity index (χ3v) is 4.90. The number of aliphatic hydroxyl groups is 1. The fraction of sp³-hybridized carbons (Fsp3) is 0.909. The molecule has 7 nitrogen and oxygen atoms in total. The van der Waals surface area contributed by atoms with Crippen molar-refractivity contribution in [3.05, 3.63) is 0 Å². The van der Waals surface area contributed by atoms with E-state index in [0.29, 0.717) is 12.8 Å². The molecule has 0 amide bonds. The van der Waals surface area contributed by atoms with Gasteiger partial charge in [-0.1, -0.05) is 12.8 Å². The zero-order valence-corrected chi connectivity index (χ0v) is 12.1. The van der Waals surface area contributed by atoms with Gasteiger partial charge in [0.1, 0.15) is 0 Å². The first-order chi connectivity index (χ1) is 8.86. The first kappa shape index (κ1) is 16.4. The van der Waals surface area contributed by atoms with Gasteiger partial charge in [0.05, 0.1) is 19.6 Å². The number of hydrogen-bond acceptors (Lipinski definition) is 5. The van der Waals surface area contributed by atoms with E-state index in [2.05, 4.69) is 9.46 Å². The summed E-state index contributed by atoms with van der Waals surface area (Å²) < 4.78 is 32.0. The minimum absolute atomic E-state index is 0.00112. The highest BCUT2D eigenvalue weighted by Crippen LogP contribution is 2.19. The standard InChI is InChI=1S/C11H22N2O5S/c1-13(8-7-11(15)18-2)19(16,17)12-9-5-3-4-6-10(9)14/h9-10,12,14H,3-8H2,1-2H3/t9-,10-/m0/s1. The maximum Gasteiger partial charge on any atom is 0.306 e. The molecule has 0 aliphatic heterocycles. The van der Waals surface area contributed by atoms with Crippen LogP contribution < -0.4 is 4.72 Å². The number of carbonyl (C=O) groups is 1.